The minimum absolute atomic E-state index is 0.184. The van der Waals surface area contributed by atoms with Crippen molar-refractivity contribution in [2.45, 2.75) is 39.3 Å². The molecule has 2 aromatic carbocycles. The summed E-state index contributed by atoms with van der Waals surface area (Å²) >= 11 is 0. The summed E-state index contributed by atoms with van der Waals surface area (Å²) in [5, 5.41) is 20.1. The van der Waals surface area contributed by atoms with Crippen LogP contribution in [-0.4, -0.2) is 38.6 Å². The Kier molecular flexibility index (Phi) is 7.54. The number of rotatable bonds is 10. The van der Waals surface area contributed by atoms with Gasteiger partial charge in [-0.25, -0.2) is 13.9 Å². The fourth-order valence-corrected chi connectivity index (χ4v) is 3.22. The van der Waals surface area contributed by atoms with Gasteiger partial charge in [-0.15, -0.1) is 5.10 Å². The van der Waals surface area contributed by atoms with Crippen LogP contribution in [0, 0.1) is 5.82 Å². The fourth-order valence-electron chi connectivity index (χ4n) is 3.22. The van der Waals surface area contributed by atoms with E-state index in [9.17, 15) is 14.0 Å². The van der Waals surface area contributed by atoms with Crippen LogP contribution in [0.2, 0.25) is 0 Å². The number of amides is 1. The van der Waals surface area contributed by atoms with E-state index in [2.05, 4.69) is 15.6 Å². The van der Waals surface area contributed by atoms with Crippen LogP contribution in [0.3, 0.4) is 0 Å². The molecule has 0 saturated carbocycles. The van der Waals surface area contributed by atoms with E-state index in [4.69, 9.17) is 9.84 Å². The molecule has 0 aliphatic carbocycles. The Labute approximate surface area is 185 Å². The smallest absolute Gasteiger partial charge is 0.335 e. The van der Waals surface area contributed by atoms with Crippen LogP contribution < -0.4 is 10.1 Å². The van der Waals surface area contributed by atoms with Gasteiger partial charge in [0.25, 0.3) is 5.91 Å². The van der Waals surface area contributed by atoms with Crippen molar-refractivity contribution >= 4 is 11.9 Å². The van der Waals surface area contributed by atoms with Crippen LogP contribution in [-0.2, 0) is 13.0 Å². The van der Waals surface area contributed by atoms with Crippen molar-refractivity contribution in [3.05, 3.63) is 76.9 Å². The highest BCUT2D eigenvalue weighted by atomic mass is 19.1. The number of hydrogen-bond donors (Lipinski definition) is 2. The average Bonchev–Trinajstić information content (AvgIpc) is 3.18. The lowest BCUT2D eigenvalue weighted by Gasteiger charge is -2.14. The molecule has 1 atom stereocenters. The zero-order chi connectivity index (χ0) is 23.1. The summed E-state index contributed by atoms with van der Waals surface area (Å²) in [6.07, 6.45) is 1.42. The number of benzene rings is 2. The molecule has 3 aromatic rings. The zero-order valence-electron chi connectivity index (χ0n) is 17.9. The molecule has 3 rings (SSSR count). The second kappa shape index (κ2) is 10.5. The van der Waals surface area contributed by atoms with Gasteiger partial charge in [-0.2, -0.15) is 0 Å². The van der Waals surface area contributed by atoms with Crippen LogP contribution >= 0.6 is 0 Å². The number of ether oxygens (including phenoxy) is 1. The lowest BCUT2D eigenvalue weighted by molar-refractivity contribution is 0.0696. The molecule has 1 amide bonds. The molecule has 0 saturated heterocycles. The minimum Gasteiger partial charge on any atom is -0.492 e. The molecule has 168 valence electrons. The predicted octanol–water partition coefficient (Wildman–Crippen LogP) is 3.64. The Hall–Kier alpha value is -3.75. The molecule has 0 radical (unpaired) electrons. The molecule has 0 bridgehead atoms. The molecule has 0 spiro atoms. The minimum atomic E-state index is -1.00. The Morgan fingerprint density at radius 2 is 1.84 bits per heavy atom. The maximum absolute atomic E-state index is 13.0. The maximum Gasteiger partial charge on any atom is 0.335 e. The molecule has 1 heterocycles. The number of halogens is 1. The van der Waals surface area contributed by atoms with Gasteiger partial charge in [0.05, 0.1) is 23.8 Å². The highest BCUT2D eigenvalue weighted by molar-refractivity contribution is 5.93. The lowest BCUT2D eigenvalue weighted by atomic mass is 10.1. The summed E-state index contributed by atoms with van der Waals surface area (Å²) in [4.78, 5) is 23.9. The SMILES string of the molecule is CCCc1c(C(=O)N[C@@H](C)c2ccc(C(=O)O)cc2)nnn1CCOc1ccc(F)cc1. The van der Waals surface area contributed by atoms with Gasteiger partial charge >= 0.3 is 5.97 Å². The predicted molar refractivity (Wildman–Crippen MR) is 115 cm³/mol. The van der Waals surface area contributed by atoms with E-state index < -0.39 is 5.97 Å². The van der Waals surface area contributed by atoms with E-state index in [1.54, 1.807) is 28.9 Å². The highest BCUT2D eigenvalue weighted by Crippen LogP contribution is 2.16. The van der Waals surface area contributed by atoms with Crippen molar-refractivity contribution in [2.75, 3.05) is 6.61 Å². The van der Waals surface area contributed by atoms with Crippen LogP contribution in [0.4, 0.5) is 4.39 Å². The molecule has 0 aliphatic heterocycles. The first-order valence-electron chi connectivity index (χ1n) is 10.3. The number of carboxylic acid groups (broad SMARTS) is 1. The molecule has 32 heavy (non-hydrogen) atoms. The molecule has 0 fully saturated rings. The van der Waals surface area contributed by atoms with Gasteiger partial charge in [0.1, 0.15) is 18.2 Å². The molecule has 8 nitrogen and oxygen atoms in total. The first-order chi connectivity index (χ1) is 15.4. The Morgan fingerprint density at radius 3 is 2.47 bits per heavy atom. The number of hydrogen-bond acceptors (Lipinski definition) is 5. The second-order valence-electron chi connectivity index (χ2n) is 7.28. The molecule has 1 aromatic heterocycles. The maximum atomic E-state index is 13.0. The first-order valence-corrected chi connectivity index (χ1v) is 10.3. The number of aromatic nitrogens is 3. The zero-order valence-corrected chi connectivity index (χ0v) is 17.9. The van der Waals surface area contributed by atoms with E-state index in [1.165, 1.54) is 24.3 Å². The quantitative estimate of drug-likeness (QED) is 0.499. The first kappa shape index (κ1) is 22.9. The van der Waals surface area contributed by atoms with Crippen molar-refractivity contribution in [1.29, 1.82) is 0 Å². The topological polar surface area (TPSA) is 106 Å². The standard InChI is InChI=1S/C23H25FN4O4/c1-3-4-20-21(22(29)25-15(2)16-5-7-17(8-6-16)23(30)31)26-27-28(20)13-14-32-19-11-9-18(24)10-12-19/h5-12,15H,3-4,13-14H2,1-2H3,(H,25,29)(H,30,31)/t15-/m0/s1. The van der Waals surface area contributed by atoms with Crippen molar-refractivity contribution in [3.63, 3.8) is 0 Å². The normalized spacial score (nSPS) is 11.7. The van der Waals surface area contributed by atoms with Gasteiger partial charge in [0.2, 0.25) is 0 Å². The van der Waals surface area contributed by atoms with Crippen molar-refractivity contribution < 1.29 is 23.8 Å². The number of nitrogens with zero attached hydrogens (tertiary/aromatic N) is 3. The molecular formula is C23H25FN4O4. The van der Waals surface area contributed by atoms with Gasteiger partial charge in [0.15, 0.2) is 5.69 Å². The fraction of sp³-hybridized carbons (Fsp3) is 0.304. The summed E-state index contributed by atoms with van der Waals surface area (Å²) < 4.78 is 20.3. The molecule has 0 aliphatic rings. The Morgan fingerprint density at radius 1 is 1.16 bits per heavy atom. The number of carboxylic acids is 1. The van der Waals surface area contributed by atoms with Crippen LogP contribution in [0.1, 0.15) is 58.4 Å². The second-order valence-corrected chi connectivity index (χ2v) is 7.28. The van der Waals surface area contributed by atoms with E-state index in [1.807, 2.05) is 13.8 Å². The lowest BCUT2D eigenvalue weighted by Crippen LogP contribution is -2.28. The highest BCUT2D eigenvalue weighted by Gasteiger charge is 2.21. The van der Waals surface area contributed by atoms with E-state index >= 15 is 0 Å². The van der Waals surface area contributed by atoms with E-state index in [-0.39, 0.29) is 29.0 Å². The monoisotopic (exact) mass is 440 g/mol. The molecule has 9 heteroatoms. The van der Waals surface area contributed by atoms with E-state index in [0.717, 1.165) is 12.0 Å². The summed E-state index contributed by atoms with van der Waals surface area (Å²) in [5.74, 6) is -1.14. The van der Waals surface area contributed by atoms with E-state index in [0.29, 0.717) is 31.0 Å². The number of carbonyl (C=O) groups excluding carboxylic acids is 1. The van der Waals surface area contributed by atoms with Crippen LogP contribution in [0.25, 0.3) is 0 Å². The third-order valence-corrected chi connectivity index (χ3v) is 4.93. The number of carbonyl (C=O) groups is 2. The van der Waals surface area contributed by atoms with Gasteiger partial charge < -0.3 is 15.2 Å². The molecular weight excluding hydrogens is 415 g/mol. The van der Waals surface area contributed by atoms with Crippen LogP contribution in [0.5, 0.6) is 5.75 Å². The van der Waals surface area contributed by atoms with Gasteiger partial charge in [-0.05, 0) is 55.3 Å². The number of aromatic carboxylic acids is 1. The molecule has 0 unspecified atom stereocenters. The Balaban J connectivity index is 1.65. The third-order valence-electron chi connectivity index (χ3n) is 4.93. The van der Waals surface area contributed by atoms with Crippen molar-refractivity contribution in [1.82, 2.24) is 20.3 Å². The number of nitrogens with one attached hydrogen (secondary N) is 1. The summed E-state index contributed by atoms with van der Waals surface area (Å²) in [7, 11) is 0. The van der Waals surface area contributed by atoms with Gasteiger partial charge in [0, 0.05) is 0 Å². The molecule has 2 N–H and O–H groups in total. The van der Waals surface area contributed by atoms with Crippen molar-refractivity contribution in [3.8, 4) is 5.75 Å². The van der Waals surface area contributed by atoms with Gasteiger partial charge in [-0.1, -0.05) is 30.7 Å². The summed E-state index contributed by atoms with van der Waals surface area (Å²) in [6, 6.07) is 11.8. The summed E-state index contributed by atoms with van der Waals surface area (Å²) in [6.45, 7) is 4.49. The third kappa shape index (κ3) is 5.69. The van der Waals surface area contributed by atoms with Crippen molar-refractivity contribution in [2.24, 2.45) is 0 Å². The Bertz CT molecular complexity index is 1060. The van der Waals surface area contributed by atoms with Crippen LogP contribution in [0.15, 0.2) is 48.5 Å². The van der Waals surface area contributed by atoms with Gasteiger partial charge in [-0.3, -0.25) is 4.79 Å². The average molecular weight is 440 g/mol. The largest absolute Gasteiger partial charge is 0.492 e. The summed E-state index contributed by atoms with van der Waals surface area (Å²) in [5.41, 5.74) is 1.92.